The van der Waals surface area contributed by atoms with Gasteiger partial charge in [-0.1, -0.05) is 12.1 Å². The number of hydroxylamine groups is 2. The highest BCUT2D eigenvalue weighted by molar-refractivity contribution is 6.01. The van der Waals surface area contributed by atoms with Crippen LogP contribution >= 0.6 is 0 Å². The van der Waals surface area contributed by atoms with E-state index in [0.717, 1.165) is 5.06 Å². The number of rotatable bonds is 5. The van der Waals surface area contributed by atoms with Gasteiger partial charge in [-0.3, -0.25) is 14.4 Å². The summed E-state index contributed by atoms with van der Waals surface area (Å²) in [5.74, 6) is -0.00840. The molecule has 1 atom stereocenters. The van der Waals surface area contributed by atoms with Gasteiger partial charge in [0.15, 0.2) is 0 Å². The highest BCUT2D eigenvalue weighted by atomic mass is 16.7. The van der Waals surface area contributed by atoms with Crippen molar-refractivity contribution in [1.29, 1.82) is 0 Å². The molecule has 1 heterocycles. The largest absolute Gasteiger partial charge is 0.492 e. The second-order valence-corrected chi connectivity index (χ2v) is 4.82. The third-order valence-electron chi connectivity index (χ3n) is 3.51. The number of carbonyl (C=O) groups is 2. The maximum Gasteiger partial charge on any atom is 0.251 e. The average molecular weight is 292 g/mol. The van der Waals surface area contributed by atoms with E-state index in [9.17, 15) is 9.59 Å². The molecule has 1 aromatic rings. The molecule has 1 aliphatic heterocycles. The molecular formula is C15H20N2O4. The summed E-state index contributed by atoms with van der Waals surface area (Å²) in [6.45, 7) is 2.76. The summed E-state index contributed by atoms with van der Waals surface area (Å²) >= 11 is 0. The lowest BCUT2D eigenvalue weighted by atomic mass is 10.1. The second kappa shape index (κ2) is 6.58. The first-order valence-corrected chi connectivity index (χ1v) is 6.92. The van der Waals surface area contributed by atoms with Gasteiger partial charge < -0.3 is 9.64 Å². The maximum absolute atomic E-state index is 12.2. The van der Waals surface area contributed by atoms with Crippen LogP contribution in [0.2, 0.25) is 0 Å². The number of anilines is 1. The number of hydrogen-bond acceptors (Lipinski definition) is 4. The lowest BCUT2D eigenvalue weighted by Gasteiger charge is -2.21. The summed E-state index contributed by atoms with van der Waals surface area (Å²) in [7, 11) is 2.97. The van der Waals surface area contributed by atoms with Gasteiger partial charge in [-0.05, 0) is 19.1 Å². The Balaban J connectivity index is 2.19. The lowest BCUT2D eigenvalue weighted by Crippen LogP contribution is -2.34. The Morgan fingerprint density at radius 2 is 2.14 bits per heavy atom. The number of ether oxygens (including phenoxy) is 1. The number of carbonyl (C=O) groups excluding carboxylic acids is 2. The van der Waals surface area contributed by atoms with Crippen LogP contribution in [0.4, 0.5) is 5.69 Å². The van der Waals surface area contributed by atoms with Crippen molar-refractivity contribution < 1.29 is 19.2 Å². The molecule has 0 aromatic heterocycles. The molecule has 0 aliphatic carbocycles. The van der Waals surface area contributed by atoms with Gasteiger partial charge in [-0.2, -0.15) is 0 Å². The van der Waals surface area contributed by atoms with E-state index in [2.05, 4.69) is 0 Å². The quantitative estimate of drug-likeness (QED) is 0.771. The van der Waals surface area contributed by atoms with Gasteiger partial charge in [-0.25, -0.2) is 5.06 Å². The SMILES string of the molecule is CCOc1ccccc1N1CC(C(=O)N(C)OC)CC1=O. The van der Waals surface area contributed by atoms with Gasteiger partial charge >= 0.3 is 0 Å². The molecule has 6 nitrogen and oxygen atoms in total. The highest BCUT2D eigenvalue weighted by Gasteiger charge is 2.37. The molecular weight excluding hydrogens is 272 g/mol. The molecule has 1 aliphatic rings. The molecule has 0 spiro atoms. The monoisotopic (exact) mass is 292 g/mol. The minimum atomic E-state index is -0.392. The van der Waals surface area contributed by atoms with E-state index in [1.807, 2.05) is 31.2 Å². The van der Waals surface area contributed by atoms with Crippen LogP contribution in [0, 0.1) is 5.92 Å². The topological polar surface area (TPSA) is 59.1 Å². The Labute approximate surface area is 124 Å². The highest BCUT2D eigenvalue weighted by Crippen LogP contribution is 2.33. The Kier molecular flexibility index (Phi) is 4.80. The lowest BCUT2D eigenvalue weighted by molar-refractivity contribution is -0.172. The van der Waals surface area contributed by atoms with Crippen LogP contribution in [0.25, 0.3) is 0 Å². The minimum Gasteiger partial charge on any atom is -0.492 e. The van der Waals surface area contributed by atoms with E-state index in [1.54, 1.807) is 11.9 Å². The molecule has 0 N–H and O–H groups in total. The second-order valence-electron chi connectivity index (χ2n) is 4.82. The van der Waals surface area contributed by atoms with E-state index in [-0.39, 0.29) is 18.2 Å². The zero-order valence-electron chi connectivity index (χ0n) is 12.5. The first-order valence-electron chi connectivity index (χ1n) is 6.92. The van der Waals surface area contributed by atoms with Crippen molar-refractivity contribution in [3.05, 3.63) is 24.3 Å². The van der Waals surface area contributed by atoms with Crippen molar-refractivity contribution in [2.75, 3.05) is 32.2 Å². The van der Waals surface area contributed by atoms with E-state index in [0.29, 0.717) is 24.6 Å². The van der Waals surface area contributed by atoms with Crippen molar-refractivity contribution in [2.24, 2.45) is 5.92 Å². The van der Waals surface area contributed by atoms with E-state index >= 15 is 0 Å². The summed E-state index contributed by atoms with van der Waals surface area (Å²) in [6, 6.07) is 7.36. The molecule has 1 saturated heterocycles. The van der Waals surface area contributed by atoms with Crippen LogP contribution in [0.3, 0.4) is 0 Å². The van der Waals surface area contributed by atoms with Gasteiger partial charge in [0.1, 0.15) is 5.75 Å². The normalized spacial score (nSPS) is 18.0. The van der Waals surface area contributed by atoms with Gasteiger partial charge in [0.05, 0.1) is 25.3 Å². The molecule has 114 valence electrons. The fraction of sp³-hybridized carbons (Fsp3) is 0.467. The number of para-hydroxylation sites is 2. The fourth-order valence-corrected chi connectivity index (χ4v) is 2.41. The van der Waals surface area contributed by atoms with Crippen LogP contribution in [0.1, 0.15) is 13.3 Å². The van der Waals surface area contributed by atoms with Crippen LogP contribution in [0.5, 0.6) is 5.75 Å². The van der Waals surface area contributed by atoms with Crippen molar-refractivity contribution in [3.63, 3.8) is 0 Å². The summed E-state index contributed by atoms with van der Waals surface area (Å²) < 4.78 is 5.55. The Bertz CT molecular complexity index is 532. The minimum absolute atomic E-state index is 0.0787. The van der Waals surface area contributed by atoms with E-state index in [4.69, 9.17) is 9.57 Å². The zero-order chi connectivity index (χ0) is 15.4. The molecule has 21 heavy (non-hydrogen) atoms. The average Bonchev–Trinajstić information content (AvgIpc) is 2.88. The Hall–Kier alpha value is -2.08. The Morgan fingerprint density at radius 1 is 1.43 bits per heavy atom. The molecule has 0 saturated carbocycles. The summed E-state index contributed by atoms with van der Waals surface area (Å²) in [5.41, 5.74) is 0.708. The first-order chi connectivity index (χ1) is 10.1. The van der Waals surface area contributed by atoms with Gasteiger partial charge in [0, 0.05) is 20.0 Å². The third kappa shape index (κ3) is 3.16. The molecule has 0 radical (unpaired) electrons. The first kappa shape index (κ1) is 15.3. The van der Waals surface area contributed by atoms with E-state index < -0.39 is 5.92 Å². The van der Waals surface area contributed by atoms with Crippen molar-refractivity contribution >= 4 is 17.5 Å². The Morgan fingerprint density at radius 3 is 2.81 bits per heavy atom. The molecule has 1 fully saturated rings. The van der Waals surface area contributed by atoms with E-state index in [1.165, 1.54) is 7.11 Å². The van der Waals surface area contributed by atoms with Crippen molar-refractivity contribution in [3.8, 4) is 5.75 Å². The van der Waals surface area contributed by atoms with Crippen LogP contribution in [0.15, 0.2) is 24.3 Å². The number of benzene rings is 1. The number of hydrogen-bond donors (Lipinski definition) is 0. The predicted octanol–water partition coefficient (Wildman–Crippen LogP) is 1.46. The van der Waals surface area contributed by atoms with Crippen LogP contribution in [-0.4, -0.2) is 44.2 Å². The summed E-state index contributed by atoms with van der Waals surface area (Å²) in [5, 5.41) is 1.16. The predicted molar refractivity (Wildman–Crippen MR) is 77.9 cm³/mol. The number of amides is 2. The third-order valence-corrected chi connectivity index (χ3v) is 3.51. The van der Waals surface area contributed by atoms with Gasteiger partial charge in [0.2, 0.25) is 5.91 Å². The molecule has 2 amide bonds. The zero-order valence-corrected chi connectivity index (χ0v) is 12.5. The standard InChI is InChI=1S/C15H20N2O4/c1-4-21-13-8-6-5-7-12(13)17-10-11(9-14(17)18)15(19)16(2)20-3/h5-8,11H,4,9-10H2,1-3H3. The summed E-state index contributed by atoms with van der Waals surface area (Å²) in [6.07, 6.45) is 0.187. The summed E-state index contributed by atoms with van der Waals surface area (Å²) in [4.78, 5) is 30.8. The molecule has 1 aromatic carbocycles. The van der Waals surface area contributed by atoms with Crippen molar-refractivity contribution in [2.45, 2.75) is 13.3 Å². The maximum atomic E-state index is 12.2. The molecule has 2 rings (SSSR count). The van der Waals surface area contributed by atoms with Crippen LogP contribution in [-0.2, 0) is 14.4 Å². The van der Waals surface area contributed by atoms with Gasteiger partial charge in [-0.15, -0.1) is 0 Å². The van der Waals surface area contributed by atoms with Crippen LogP contribution < -0.4 is 9.64 Å². The van der Waals surface area contributed by atoms with Crippen molar-refractivity contribution in [1.82, 2.24) is 5.06 Å². The molecule has 0 bridgehead atoms. The molecule has 1 unspecified atom stereocenters. The molecule has 6 heteroatoms. The number of nitrogens with zero attached hydrogens (tertiary/aromatic N) is 2. The smallest absolute Gasteiger partial charge is 0.251 e. The fourth-order valence-electron chi connectivity index (χ4n) is 2.41. The van der Waals surface area contributed by atoms with Gasteiger partial charge in [0.25, 0.3) is 5.91 Å².